The third-order valence-electron chi connectivity index (χ3n) is 3.63. The molecule has 0 saturated heterocycles. The molecule has 0 aliphatic carbocycles. The predicted octanol–water partition coefficient (Wildman–Crippen LogP) is 3.00. The van der Waals surface area contributed by atoms with Gasteiger partial charge in [0.25, 0.3) is 0 Å². The van der Waals surface area contributed by atoms with Gasteiger partial charge in [0.15, 0.2) is 5.82 Å². The molecular weight excluding hydrogens is 290 g/mol. The van der Waals surface area contributed by atoms with Crippen LogP contribution in [-0.4, -0.2) is 27.3 Å². The normalized spacial score (nSPS) is 10.8. The molecular formula is C17H25N5O. The highest BCUT2D eigenvalue weighted by Crippen LogP contribution is 2.07. The van der Waals surface area contributed by atoms with Crippen molar-refractivity contribution in [2.24, 2.45) is 5.92 Å². The van der Waals surface area contributed by atoms with Crippen molar-refractivity contribution in [1.82, 2.24) is 20.1 Å². The van der Waals surface area contributed by atoms with Crippen molar-refractivity contribution in [3.8, 4) is 0 Å². The fourth-order valence-corrected chi connectivity index (χ4v) is 2.20. The van der Waals surface area contributed by atoms with Gasteiger partial charge in [-0.3, -0.25) is 15.0 Å². The van der Waals surface area contributed by atoms with Crippen molar-refractivity contribution in [3.05, 3.63) is 41.9 Å². The van der Waals surface area contributed by atoms with E-state index in [0.29, 0.717) is 18.3 Å². The van der Waals surface area contributed by atoms with E-state index in [4.69, 9.17) is 0 Å². The van der Waals surface area contributed by atoms with Gasteiger partial charge in [0.2, 0.25) is 0 Å². The van der Waals surface area contributed by atoms with E-state index in [1.807, 2.05) is 36.1 Å². The van der Waals surface area contributed by atoms with Gasteiger partial charge in [-0.15, -0.1) is 0 Å². The van der Waals surface area contributed by atoms with Gasteiger partial charge in [-0.2, -0.15) is 5.10 Å². The van der Waals surface area contributed by atoms with E-state index in [9.17, 15) is 4.79 Å². The van der Waals surface area contributed by atoms with Crippen LogP contribution >= 0.6 is 0 Å². The van der Waals surface area contributed by atoms with Crippen LogP contribution in [0, 0.1) is 12.8 Å². The number of amides is 2. The van der Waals surface area contributed by atoms with E-state index in [0.717, 1.165) is 24.9 Å². The van der Waals surface area contributed by atoms with Crippen molar-refractivity contribution in [2.75, 3.05) is 11.9 Å². The van der Waals surface area contributed by atoms with E-state index in [1.54, 1.807) is 6.20 Å². The summed E-state index contributed by atoms with van der Waals surface area (Å²) >= 11 is 0. The molecule has 2 aromatic rings. The van der Waals surface area contributed by atoms with Gasteiger partial charge in [0.05, 0.1) is 0 Å². The smallest absolute Gasteiger partial charge is 0.320 e. The van der Waals surface area contributed by atoms with E-state index < -0.39 is 0 Å². The second-order valence-electron chi connectivity index (χ2n) is 6.08. The molecule has 2 N–H and O–H groups in total. The van der Waals surface area contributed by atoms with Crippen molar-refractivity contribution >= 4 is 11.8 Å². The maximum Gasteiger partial charge on any atom is 0.320 e. The SMILES string of the molecule is Cc1cnccc1CCNC(=O)Nc1ccn(CCC(C)C)n1. The number of nitrogens with zero attached hydrogens (tertiary/aromatic N) is 3. The second kappa shape index (κ2) is 8.31. The Bertz CT molecular complexity index is 635. The highest BCUT2D eigenvalue weighted by Gasteiger charge is 2.05. The Hall–Kier alpha value is -2.37. The summed E-state index contributed by atoms with van der Waals surface area (Å²) in [5, 5.41) is 9.94. The van der Waals surface area contributed by atoms with Crippen LogP contribution in [-0.2, 0) is 13.0 Å². The molecule has 2 heterocycles. The molecule has 2 amide bonds. The average Bonchev–Trinajstić information content (AvgIpc) is 2.94. The maximum absolute atomic E-state index is 11.9. The van der Waals surface area contributed by atoms with E-state index in [2.05, 4.69) is 34.6 Å². The Morgan fingerprint density at radius 3 is 2.91 bits per heavy atom. The number of anilines is 1. The van der Waals surface area contributed by atoms with Crippen molar-refractivity contribution < 1.29 is 4.79 Å². The minimum atomic E-state index is -0.231. The first-order chi connectivity index (χ1) is 11.0. The zero-order chi connectivity index (χ0) is 16.7. The summed E-state index contributed by atoms with van der Waals surface area (Å²) in [6, 6.07) is 3.56. The average molecular weight is 315 g/mol. The molecule has 0 fully saturated rings. The monoisotopic (exact) mass is 315 g/mol. The highest BCUT2D eigenvalue weighted by atomic mass is 16.2. The molecule has 124 valence electrons. The Morgan fingerprint density at radius 1 is 1.35 bits per heavy atom. The van der Waals surface area contributed by atoms with Crippen LogP contribution in [0.5, 0.6) is 0 Å². The van der Waals surface area contributed by atoms with E-state index in [-0.39, 0.29) is 6.03 Å². The summed E-state index contributed by atoms with van der Waals surface area (Å²) in [7, 11) is 0. The lowest BCUT2D eigenvalue weighted by Crippen LogP contribution is -2.30. The van der Waals surface area contributed by atoms with Gasteiger partial charge in [0, 0.05) is 37.7 Å². The number of rotatable bonds is 7. The molecule has 0 aromatic carbocycles. The Kier molecular flexibility index (Phi) is 6.14. The van der Waals surface area contributed by atoms with E-state index in [1.165, 1.54) is 5.56 Å². The number of hydrogen-bond acceptors (Lipinski definition) is 3. The molecule has 0 aliphatic heterocycles. The van der Waals surface area contributed by atoms with Crippen LogP contribution in [0.4, 0.5) is 10.6 Å². The van der Waals surface area contributed by atoms with Gasteiger partial charge in [-0.25, -0.2) is 4.79 Å². The summed E-state index contributed by atoms with van der Waals surface area (Å²) in [4.78, 5) is 15.9. The highest BCUT2D eigenvalue weighted by molar-refractivity contribution is 5.88. The zero-order valence-corrected chi connectivity index (χ0v) is 14.0. The first kappa shape index (κ1) is 17.0. The molecule has 0 atom stereocenters. The number of nitrogens with one attached hydrogen (secondary N) is 2. The lowest BCUT2D eigenvalue weighted by atomic mass is 10.1. The fraction of sp³-hybridized carbons (Fsp3) is 0.471. The number of carbonyl (C=O) groups is 1. The largest absolute Gasteiger partial charge is 0.337 e. The van der Waals surface area contributed by atoms with Crippen LogP contribution in [0.3, 0.4) is 0 Å². The molecule has 2 rings (SSSR count). The van der Waals surface area contributed by atoms with Crippen LogP contribution in [0.15, 0.2) is 30.7 Å². The molecule has 0 aliphatic rings. The number of carbonyl (C=O) groups excluding carboxylic acids is 1. The first-order valence-electron chi connectivity index (χ1n) is 8.02. The Labute approximate surface area is 137 Å². The quantitative estimate of drug-likeness (QED) is 0.825. The molecule has 0 radical (unpaired) electrons. The Morgan fingerprint density at radius 2 is 2.17 bits per heavy atom. The standard InChI is InChI=1S/C17H25N5O/c1-13(2)6-10-22-11-7-16(21-22)20-17(23)19-9-5-15-4-8-18-12-14(15)3/h4,7-8,11-13H,5-6,9-10H2,1-3H3,(H2,19,20,21,23). The van der Waals surface area contributed by atoms with Crippen LogP contribution < -0.4 is 10.6 Å². The summed E-state index contributed by atoms with van der Waals surface area (Å²) < 4.78 is 1.86. The minimum absolute atomic E-state index is 0.231. The van der Waals surface area contributed by atoms with Gasteiger partial charge >= 0.3 is 6.03 Å². The molecule has 0 saturated carbocycles. The summed E-state index contributed by atoms with van der Waals surface area (Å²) in [5.41, 5.74) is 2.33. The fourth-order valence-electron chi connectivity index (χ4n) is 2.20. The number of aromatic nitrogens is 3. The maximum atomic E-state index is 11.9. The molecule has 0 bridgehead atoms. The molecule has 2 aromatic heterocycles. The molecule has 0 spiro atoms. The number of hydrogen-bond donors (Lipinski definition) is 2. The summed E-state index contributed by atoms with van der Waals surface area (Å²) in [5.74, 6) is 1.21. The molecule has 6 nitrogen and oxygen atoms in total. The van der Waals surface area contributed by atoms with Gasteiger partial charge in [-0.1, -0.05) is 13.8 Å². The summed E-state index contributed by atoms with van der Waals surface area (Å²) in [6.45, 7) is 7.82. The third kappa shape index (κ3) is 5.73. The van der Waals surface area contributed by atoms with Gasteiger partial charge in [-0.05, 0) is 42.9 Å². The van der Waals surface area contributed by atoms with Gasteiger partial charge in [0.1, 0.15) is 0 Å². The van der Waals surface area contributed by atoms with Crippen molar-refractivity contribution in [1.29, 1.82) is 0 Å². The van der Waals surface area contributed by atoms with Crippen molar-refractivity contribution in [2.45, 2.75) is 40.2 Å². The molecule has 6 heteroatoms. The molecule has 0 unspecified atom stereocenters. The third-order valence-corrected chi connectivity index (χ3v) is 3.63. The topological polar surface area (TPSA) is 71.8 Å². The number of urea groups is 1. The van der Waals surface area contributed by atoms with Crippen LogP contribution in [0.25, 0.3) is 0 Å². The number of pyridine rings is 1. The summed E-state index contributed by atoms with van der Waals surface area (Å²) in [6.07, 6.45) is 7.34. The lowest BCUT2D eigenvalue weighted by Gasteiger charge is -2.07. The van der Waals surface area contributed by atoms with Crippen molar-refractivity contribution in [3.63, 3.8) is 0 Å². The Balaban J connectivity index is 1.73. The number of aryl methyl sites for hydroxylation is 2. The minimum Gasteiger partial charge on any atom is -0.337 e. The first-order valence-corrected chi connectivity index (χ1v) is 8.02. The van der Waals surface area contributed by atoms with Crippen LogP contribution in [0.1, 0.15) is 31.4 Å². The van der Waals surface area contributed by atoms with E-state index >= 15 is 0 Å². The zero-order valence-electron chi connectivity index (χ0n) is 14.0. The molecule has 23 heavy (non-hydrogen) atoms. The second-order valence-corrected chi connectivity index (χ2v) is 6.08. The predicted molar refractivity (Wildman–Crippen MR) is 91.4 cm³/mol. The van der Waals surface area contributed by atoms with Gasteiger partial charge < -0.3 is 5.32 Å². The van der Waals surface area contributed by atoms with Crippen LogP contribution in [0.2, 0.25) is 0 Å². The lowest BCUT2D eigenvalue weighted by molar-refractivity contribution is 0.252.